The number of likely N-dealkylation sites (tertiary alicyclic amines) is 1. The second-order valence-corrected chi connectivity index (χ2v) is 5.36. The maximum atomic E-state index is 11.6. The van der Waals surface area contributed by atoms with Crippen LogP contribution in [0.3, 0.4) is 0 Å². The number of carbonyl (C=O) groups excluding carboxylic acids is 1. The summed E-state index contributed by atoms with van der Waals surface area (Å²) in [5.41, 5.74) is -0.233. The molecule has 1 aliphatic heterocycles. The van der Waals surface area contributed by atoms with E-state index in [9.17, 15) is 9.59 Å². The monoisotopic (exact) mass is 228 g/mol. The summed E-state index contributed by atoms with van der Waals surface area (Å²) in [5.74, 6) is -1.13. The molecule has 0 aromatic rings. The maximum Gasteiger partial charge on any atom is 0.307 e. The third-order valence-corrected chi connectivity index (χ3v) is 2.50. The second-order valence-electron chi connectivity index (χ2n) is 5.36. The second kappa shape index (κ2) is 4.82. The zero-order valence-electron chi connectivity index (χ0n) is 10.1. The summed E-state index contributed by atoms with van der Waals surface area (Å²) >= 11 is 0. The van der Waals surface area contributed by atoms with E-state index in [-0.39, 0.29) is 17.4 Å². The Balaban J connectivity index is 2.34. The van der Waals surface area contributed by atoms with E-state index in [0.717, 1.165) is 0 Å². The molecule has 1 saturated heterocycles. The first-order valence-corrected chi connectivity index (χ1v) is 5.54. The predicted octanol–water partition coefficient (Wildman–Crippen LogP) is 0.308. The summed E-state index contributed by atoms with van der Waals surface area (Å²) in [4.78, 5) is 24.2. The van der Waals surface area contributed by atoms with Crippen molar-refractivity contribution in [2.24, 2.45) is 5.92 Å². The summed E-state index contributed by atoms with van der Waals surface area (Å²) in [6, 6.07) is 0. The molecule has 1 heterocycles. The van der Waals surface area contributed by atoms with Crippen LogP contribution in [-0.2, 0) is 9.59 Å². The van der Waals surface area contributed by atoms with Crippen LogP contribution in [-0.4, -0.2) is 47.1 Å². The van der Waals surface area contributed by atoms with Crippen LogP contribution in [0, 0.1) is 5.92 Å². The molecule has 92 valence electrons. The van der Waals surface area contributed by atoms with Gasteiger partial charge in [0.05, 0.1) is 12.5 Å². The number of hydrogen-bond acceptors (Lipinski definition) is 3. The number of hydrogen-bond donors (Lipinski definition) is 2. The summed E-state index contributed by atoms with van der Waals surface area (Å²) in [5, 5.41) is 11.7. The van der Waals surface area contributed by atoms with Crippen molar-refractivity contribution in [1.29, 1.82) is 0 Å². The Morgan fingerprint density at radius 3 is 2.50 bits per heavy atom. The molecule has 0 saturated carbocycles. The normalized spacial score (nSPS) is 22.1. The fraction of sp³-hybridized carbons (Fsp3) is 0.818. The predicted molar refractivity (Wildman–Crippen MR) is 60.1 cm³/mol. The Bertz CT molecular complexity index is 283. The minimum Gasteiger partial charge on any atom is -0.481 e. The first-order valence-electron chi connectivity index (χ1n) is 5.54. The molecule has 1 amide bonds. The van der Waals surface area contributed by atoms with Gasteiger partial charge in [0.2, 0.25) is 5.91 Å². The van der Waals surface area contributed by atoms with Crippen molar-refractivity contribution in [3.63, 3.8) is 0 Å². The molecule has 0 aromatic heterocycles. The van der Waals surface area contributed by atoms with E-state index in [0.29, 0.717) is 26.1 Å². The Morgan fingerprint density at radius 2 is 2.06 bits per heavy atom. The first-order chi connectivity index (χ1) is 7.28. The highest BCUT2D eigenvalue weighted by Gasteiger charge is 2.29. The summed E-state index contributed by atoms with van der Waals surface area (Å²) in [6.45, 7) is 7.24. The molecule has 5 nitrogen and oxygen atoms in total. The van der Waals surface area contributed by atoms with E-state index in [1.165, 1.54) is 0 Å². The van der Waals surface area contributed by atoms with Crippen molar-refractivity contribution in [1.82, 2.24) is 10.2 Å². The van der Waals surface area contributed by atoms with Gasteiger partial charge < -0.3 is 10.4 Å². The van der Waals surface area contributed by atoms with Gasteiger partial charge in [0.1, 0.15) is 0 Å². The number of rotatable bonds is 3. The third-order valence-electron chi connectivity index (χ3n) is 2.50. The molecule has 1 fully saturated rings. The highest BCUT2D eigenvalue weighted by molar-refractivity contribution is 5.79. The maximum absolute atomic E-state index is 11.6. The van der Waals surface area contributed by atoms with Crippen LogP contribution in [0.15, 0.2) is 0 Å². The Labute approximate surface area is 95.8 Å². The van der Waals surface area contributed by atoms with Gasteiger partial charge in [-0.05, 0) is 33.7 Å². The molecular formula is C11H20N2O3. The van der Waals surface area contributed by atoms with Gasteiger partial charge in [-0.3, -0.25) is 14.5 Å². The van der Waals surface area contributed by atoms with Crippen LogP contribution in [0.25, 0.3) is 0 Å². The highest BCUT2D eigenvalue weighted by atomic mass is 16.4. The Kier molecular flexibility index (Phi) is 3.91. The van der Waals surface area contributed by atoms with Gasteiger partial charge in [-0.2, -0.15) is 0 Å². The van der Waals surface area contributed by atoms with Gasteiger partial charge >= 0.3 is 5.97 Å². The number of nitrogens with one attached hydrogen (secondary N) is 1. The lowest BCUT2D eigenvalue weighted by Gasteiger charge is -2.23. The molecule has 1 aliphatic rings. The number of carbonyl (C=O) groups is 2. The lowest BCUT2D eigenvalue weighted by molar-refractivity contribution is -0.141. The van der Waals surface area contributed by atoms with Gasteiger partial charge in [0.15, 0.2) is 0 Å². The zero-order valence-corrected chi connectivity index (χ0v) is 10.1. The largest absolute Gasteiger partial charge is 0.481 e. The fourth-order valence-electron chi connectivity index (χ4n) is 1.84. The standard InChI is InChI=1S/C11H20N2O3/c1-11(2,3)12-9(14)7-13-5-4-8(6-13)10(15)16/h8H,4-7H2,1-3H3,(H,12,14)(H,15,16). The van der Waals surface area contributed by atoms with Crippen LogP contribution in [0.5, 0.6) is 0 Å². The van der Waals surface area contributed by atoms with Crippen molar-refractivity contribution in [3.8, 4) is 0 Å². The molecule has 1 atom stereocenters. The molecule has 0 aliphatic carbocycles. The summed E-state index contributed by atoms with van der Waals surface area (Å²) in [6.07, 6.45) is 0.637. The molecule has 0 radical (unpaired) electrons. The third kappa shape index (κ3) is 4.18. The van der Waals surface area contributed by atoms with Gasteiger partial charge in [-0.1, -0.05) is 0 Å². The Hall–Kier alpha value is -1.10. The first kappa shape index (κ1) is 13.0. The van der Waals surface area contributed by atoms with Crippen LogP contribution in [0.4, 0.5) is 0 Å². The minimum absolute atomic E-state index is 0.0430. The molecule has 1 unspecified atom stereocenters. The number of nitrogens with zero attached hydrogens (tertiary/aromatic N) is 1. The lowest BCUT2D eigenvalue weighted by atomic mass is 10.1. The smallest absolute Gasteiger partial charge is 0.307 e. The van der Waals surface area contributed by atoms with Crippen LogP contribution in [0.2, 0.25) is 0 Å². The van der Waals surface area contributed by atoms with E-state index in [1.54, 1.807) is 0 Å². The van der Waals surface area contributed by atoms with Gasteiger partial charge in [-0.15, -0.1) is 0 Å². The molecular weight excluding hydrogens is 208 g/mol. The van der Waals surface area contributed by atoms with E-state index >= 15 is 0 Å². The molecule has 16 heavy (non-hydrogen) atoms. The van der Waals surface area contributed by atoms with Crippen LogP contribution < -0.4 is 5.32 Å². The van der Waals surface area contributed by atoms with Crippen LogP contribution in [0.1, 0.15) is 27.2 Å². The Morgan fingerprint density at radius 1 is 1.44 bits per heavy atom. The molecule has 0 bridgehead atoms. The number of carboxylic acids is 1. The summed E-state index contributed by atoms with van der Waals surface area (Å²) in [7, 11) is 0. The van der Waals surface area contributed by atoms with Crippen molar-refractivity contribution < 1.29 is 14.7 Å². The van der Waals surface area contributed by atoms with Gasteiger partial charge in [0, 0.05) is 12.1 Å². The zero-order chi connectivity index (χ0) is 12.3. The SMILES string of the molecule is CC(C)(C)NC(=O)CN1CCC(C(=O)O)C1. The van der Waals surface area contributed by atoms with Gasteiger partial charge in [-0.25, -0.2) is 0 Å². The fourth-order valence-corrected chi connectivity index (χ4v) is 1.84. The number of aliphatic carboxylic acids is 1. The molecule has 5 heteroatoms. The number of carboxylic acid groups (broad SMARTS) is 1. The summed E-state index contributed by atoms with van der Waals surface area (Å²) < 4.78 is 0. The average Bonchev–Trinajstić information content (AvgIpc) is 2.48. The molecule has 0 spiro atoms. The van der Waals surface area contributed by atoms with Crippen LogP contribution >= 0.6 is 0 Å². The van der Waals surface area contributed by atoms with Gasteiger partial charge in [0.25, 0.3) is 0 Å². The van der Waals surface area contributed by atoms with E-state index in [2.05, 4.69) is 5.32 Å². The van der Waals surface area contributed by atoms with E-state index in [1.807, 2.05) is 25.7 Å². The minimum atomic E-state index is -0.765. The van der Waals surface area contributed by atoms with Crippen molar-refractivity contribution in [2.75, 3.05) is 19.6 Å². The van der Waals surface area contributed by atoms with Crippen molar-refractivity contribution in [3.05, 3.63) is 0 Å². The number of amides is 1. The lowest BCUT2D eigenvalue weighted by Crippen LogP contribution is -2.45. The molecule has 1 rings (SSSR count). The van der Waals surface area contributed by atoms with E-state index < -0.39 is 5.97 Å². The van der Waals surface area contributed by atoms with Crippen molar-refractivity contribution in [2.45, 2.75) is 32.7 Å². The molecule has 0 aromatic carbocycles. The average molecular weight is 228 g/mol. The highest BCUT2D eigenvalue weighted by Crippen LogP contribution is 2.15. The quantitative estimate of drug-likeness (QED) is 0.729. The molecule has 2 N–H and O–H groups in total. The topological polar surface area (TPSA) is 69.6 Å². The van der Waals surface area contributed by atoms with E-state index in [4.69, 9.17) is 5.11 Å². The van der Waals surface area contributed by atoms with Crippen molar-refractivity contribution >= 4 is 11.9 Å².